The van der Waals surface area contributed by atoms with Crippen LogP contribution in [0.2, 0.25) is 0 Å². The number of alkyl halides is 1. The highest BCUT2D eigenvalue weighted by atomic mass is 32.2. The summed E-state index contributed by atoms with van der Waals surface area (Å²) in [5, 5.41) is 7.50. The van der Waals surface area contributed by atoms with Crippen molar-refractivity contribution in [3.8, 4) is 0 Å². The molecule has 4 aliphatic heterocycles. The van der Waals surface area contributed by atoms with Gasteiger partial charge in [0, 0.05) is 43.9 Å². The second-order valence-corrected chi connectivity index (χ2v) is 11.1. The number of guanidine groups is 1. The predicted molar refractivity (Wildman–Crippen MR) is 120 cm³/mol. The summed E-state index contributed by atoms with van der Waals surface area (Å²) in [5.41, 5.74) is 5.23. The van der Waals surface area contributed by atoms with Crippen molar-refractivity contribution in [3.05, 3.63) is 23.4 Å². The highest BCUT2D eigenvalue weighted by Gasteiger charge is 2.43. The van der Waals surface area contributed by atoms with Crippen LogP contribution in [-0.2, 0) is 14.8 Å². The van der Waals surface area contributed by atoms with E-state index in [4.69, 9.17) is 9.73 Å². The van der Waals surface area contributed by atoms with E-state index in [0.717, 1.165) is 30.6 Å². The fourth-order valence-corrected chi connectivity index (χ4v) is 6.38. The zero-order valence-electron chi connectivity index (χ0n) is 18.3. The maximum atomic E-state index is 14.7. The molecule has 0 spiro atoms. The summed E-state index contributed by atoms with van der Waals surface area (Å²) in [6.45, 7) is 2.09. The van der Waals surface area contributed by atoms with Crippen LogP contribution in [0.1, 0.15) is 32.1 Å². The number of rotatable bonds is 4. The van der Waals surface area contributed by atoms with Crippen LogP contribution in [0, 0.1) is 11.8 Å². The third-order valence-corrected chi connectivity index (χ3v) is 8.55. The molecule has 2 N–H and O–H groups in total. The largest absolute Gasteiger partial charge is 0.378 e. The van der Waals surface area contributed by atoms with Gasteiger partial charge >= 0.3 is 0 Å². The molecule has 4 heterocycles. The van der Waals surface area contributed by atoms with Crippen molar-refractivity contribution in [1.29, 1.82) is 0 Å². The molecular formula is C21H31FN6O3S. The lowest BCUT2D eigenvalue weighted by Gasteiger charge is -2.36. The second-order valence-electron chi connectivity index (χ2n) is 9.14. The molecule has 1 saturated carbocycles. The van der Waals surface area contributed by atoms with Crippen molar-refractivity contribution >= 4 is 22.3 Å². The average Bonchev–Trinajstić information content (AvgIpc) is 3.36. The molecule has 1 aliphatic carbocycles. The van der Waals surface area contributed by atoms with Gasteiger partial charge < -0.3 is 10.1 Å². The van der Waals surface area contributed by atoms with E-state index in [9.17, 15) is 12.8 Å². The van der Waals surface area contributed by atoms with Crippen molar-refractivity contribution in [1.82, 2.24) is 19.9 Å². The van der Waals surface area contributed by atoms with Gasteiger partial charge in [-0.25, -0.2) is 17.1 Å². The molecule has 5 aliphatic rings. The van der Waals surface area contributed by atoms with E-state index in [0.29, 0.717) is 44.9 Å². The first-order valence-corrected chi connectivity index (χ1v) is 13.2. The van der Waals surface area contributed by atoms with Crippen LogP contribution >= 0.6 is 0 Å². The molecule has 1 saturated heterocycles. The summed E-state index contributed by atoms with van der Waals surface area (Å²) in [6.07, 6.45) is 9.65. The molecular weight excluding hydrogens is 435 g/mol. The first-order chi connectivity index (χ1) is 15.4. The Labute approximate surface area is 188 Å². The number of hydrazone groups is 1. The number of hydrogen-bond acceptors (Lipinski definition) is 6. The van der Waals surface area contributed by atoms with Gasteiger partial charge in [-0.2, -0.15) is 5.10 Å². The molecule has 0 aromatic carbocycles. The lowest BCUT2D eigenvalue weighted by atomic mass is 9.76. The van der Waals surface area contributed by atoms with Crippen LogP contribution in [0.3, 0.4) is 0 Å². The molecule has 5 atom stereocenters. The zero-order chi connectivity index (χ0) is 22.3. The minimum Gasteiger partial charge on any atom is -0.378 e. The molecule has 0 aromatic rings. The summed E-state index contributed by atoms with van der Waals surface area (Å²) in [7, 11) is -3.20. The van der Waals surface area contributed by atoms with E-state index in [1.54, 1.807) is 6.34 Å². The van der Waals surface area contributed by atoms with Crippen LogP contribution in [0.4, 0.5) is 4.39 Å². The van der Waals surface area contributed by atoms with Gasteiger partial charge in [0.1, 0.15) is 12.5 Å². The van der Waals surface area contributed by atoms with Gasteiger partial charge in [-0.1, -0.05) is 6.08 Å². The molecule has 2 fully saturated rings. The van der Waals surface area contributed by atoms with Crippen LogP contribution in [0.25, 0.3) is 0 Å². The van der Waals surface area contributed by atoms with E-state index < -0.39 is 16.2 Å². The number of halogens is 1. The molecule has 0 aromatic heterocycles. The first kappa shape index (κ1) is 21.8. The van der Waals surface area contributed by atoms with Gasteiger partial charge in [0.15, 0.2) is 6.17 Å². The summed E-state index contributed by atoms with van der Waals surface area (Å²) >= 11 is 0. The Morgan fingerprint density at radius 1 is 1.31 bits per heavy atom. The lowest BCUT2D eigenvalue weighted by molar-refractivity contribution is 0.0103. The van der Waals surface area contributed by atoms with E-state index in [1.165, 1.54) is 10.6 Å². The van der Waals surface area contributed by atoms with Crippen molar-refractivity contribution in [2.45, 2.75) is 50.5 Å². The molecule has 5 rings (SSSR count). The Balaban J connectivity index is 1.30. The molecule has 11 heteroatoms. The maximum absolute atomic E-state index is 14.7. The smallest absolute Gasteiger partial charge is 0.211 e. The highest BCUT2D eigenvalue weighted by Crippen LogP contribution is 2.40. The summed E-state index contributed by atoms with van der Waals surface area (Å²) < 4.78 is 45.9. The minimum atomic E-state index is -3.20. The number of ether oxygens (including phenoxy) is 1. The van der Waals surface area contributed by atoms with Crippen molar-refractivity contribution < 1.29 is 17.5 Å². The number of aliphatic imine (C=N–C) groups is 1. The van der Waals surface area contributed by atoms with Gasteiger partial charge in [0.25, 0.3) is 0 Å². The van der Waals surface area contributed by atoms with Gasteiger partial charge in [-0.15, -0.1) is 0 Å². The van der Waals surface area contributed by atoms with E-state index >= 15 is 0 Å². The minimum absolute atomic E-state index is 0.117. The first-order valence-electron chi connectivity index (χ1n) is 11.4. The predicted octanol–water partition coefficient (Wildman–Crippen LogP) is 1.14. The molecule has 176 valence electrons. The van der Waals surface area contributed by atoms with Gasteiger partial charge in [0.05, 0.1) is 12.4 Å². The van der Waals surface area contributed by atoms with Crippen LogP contribution in [0.15, 0.2) is 33.5 Å². The van der Waals surface area contributed by atoms with Crippen LogP contribution in [-0.4, -0.2) is 80.9 Å². The number of fused-ring (bicyclic) bond motifs is 2. The molecule has 0 amide bonds. The highest BCUT2D eigenvalue weighted by molar-refractivity contribution is 7.88. The number of sulfonamides is 1. The Morgan fingerprint density at radius 2 is 2.19 bits per heavy atom. The average molecular weight is 467 g/mol. The normalized spacial score (nSPS) is 36.6. The second kappa shape index (κ2) is 8.75. The number of nitrogens with zero attached hydrogens (tertiary/aromatic N) is 4. The topological polar surface area (TPSA) is 98.6 Å². The molecule has 4 unspecified atom stereocenters. The quantitative estimate of drug-likeness (QED) is 0.645. The van der Waals surface area contributed by atoms with Gasteiger partial charge in [0.2, 0.25) is 16.0 Å². The lowest BCUT2D eigenvalue weighted by Crippen LogP contribution is -2.51. The zero-order valence-corrected chi connectivity index (χ0v) is 19.1. The molecule has 9 nitrogen and oxygen atoms in total. The van der Waals surface area contributed by atoms with Gasteiger partial charge in [-0.05, 0) is 43.6 Å². The van der Waals surface area contributed by atoms with Crippen molar-refractivity contribution in [2.75, 3.05) is 32.5 Å². The monoisotopic (exact) mass is 466 g/mol. The van der Waals surface area contributed by atoms with Crippen LogP contribution < -0.4 is 10.7 Å². The van der Waals surface area contributed by atoms with Gasteiger partial charge in [-0.3, -0.25) is 15.3 Å². The van der Waals surface area contributed by atoms with Crippen molar-refractivity contribution in [2.24, 2.45) is 21.9 Å². The summed E-state index contributed by atoms with van der Waals surface area (Å²) in [5.74, 6) is 0.772. The number of hydrogen-bond donors (Lipinski definition) is 2. The van der Waals surface area contributed by atoms with Crippen LogP contribution in [0.5, 0.6) is 0 Å². The van der Waals surface area contributed by atoms with Crippen molar-refractivity contribution in [3.63, 3.8) is 0 Å². The standard InChI is InChI=1S/C21H31FN6O3S/c1-32(29,30)27-8-2-3-14(6-9-27)16-11-23-21(28-13-25-26-20(16)28)24-12-17-15-7-10-31-19(15)5-4-18(17)22/h3,11,13,15,17-20,26H,2,4-10,12H2,1H3,(H,23,24)/t15?,17?,18-,19?,20?/m1/s1. The number of nitrogens with one attached hydrogen (secondary N) is 2. The molecule has 0 radical (unpaired) electrons. The van der Waals surface area contributed by atoms with E-state index in [1.807, 2.05) is 11.1 Å². The Hall–Kier alpha value is -1.98. The SMILES string of the molecule is CS(=O)(=O)N1CCC=C(C2=CNC(=NCC3C4CCOC4CC[C@H]3F)N3C=NNC23)CC1. The Morgan fingerprint density at radius 3 is 3.03 bits per heavy atom. The maximum Gasteiger partial charge on any atom is 0.211 e. The summed E-state index contributed by atoms with van der Waals surface area (Å²) in [6, 6.07) is 0. The van der Waals surface area contributed by atoms with E-state index in [2.05, 4.69) is 21.9 Å². The fraction of sp³-hybridized carbons (Fsp3) is 0.714. The Bertz CT molecular complexity index is 965. The third-order valence-electron chi connectivity index (χ3n) is 7.25. The fourth-order valence-electron chi connectivity index (χ4n) is 5.52. The summed E-state index contributed by atoms with van der Waals surface area (Å²) in [4.78, 5) is 6.68. The van der Waals surface area contributed by atoms with E-state index in [-0.39, 0.29) is 24.1 Å². The third kappa shape index (κ3) is 4.17. The Kier molecular flexibility index (Phi) is 5.98. The molecule has 0 bridgehead atoms. The molecule has 32 heavy (non-hydrogen) atoms.